The summed E-state index contributed by atoms with van der Waals surface area (Å²) in [7, 11) is 0. The molecule has 0 heterocycles. The number of hydrogen-bond acceptors (Lipinski definition) is 1. The van der Waals surface area contributed by atoms with Gasteiger partial charge in [-0.05, 0) is 55.9 Å². The zero-order chi connectivity index (χ0) is 11.0. The van der Waals surface area contributed by atoms with Gasteiger partial charge in [0.1, 0.15) is 0 Å². The van der Waals surface area contributed by atoms with Crippen molar-refractivity contribution >= 4 is 0 Å². The first-order valence-corrected chi connectivity index (χ1v) is 6.52. The fraction of sp³-hybridized carbons (Fsp3) is 0.600. The monoisotopic (exact) mass is 216 g/mol. The van der Waals surface area contributed by atoms with E-state index in [1.165, 1.54) is 31.2 Å². The number of benzene rings is 1. The molecule has 2 saturated carbocycles. The van der Waals surface area contributed by atoms with Crippen LogP contribution < -0.4 is 0 Å². The maximum Gasteiger partial charge on any atom is 0.0681 e. The van der Waals surface area contributed by atoms with Gasteiger partial charge >= 0.3 is 0 Å². The van der Waals surface area contributed by atoms with Crippen LogP contribution in [0, 0.1) is 11.8 Å². The van der Waals surface area contributed by atoms with Crippen molar-refractivity contribution in [1.82, 2.24) is 0 Å². The summed E-state index contributed by atoms with van der Waals surface area (Å²) in [5.74, 6) is 1.42. The van der Waals surface area contributed by atoms with Crippen LogP contribution in [0.2, 0.25) is 0 Å². The van der Waals surface area contributed by atoms with Crippen molar-refractivity contribution in [1.29, 1.82) is 0 Å². The van der Waals surface area contributed by atoms with Crippen molar-refractivity contribution in [2.45, 2.75) is 44.1 Å². The highest BCUT2D eigenvalue weighted by Crippen LogP contribution is 2.53. The maximum atomic E-state index is 10.2. The minimum atomic E-state index is -0.249. The summed E-state index contributed by atoms with van der Waals surface area (Å²) in [5, 5.41) is 10.2. The molecular weight excluding hydrogens is 196 g/mol. The molecular formula is C15H20O. The molecule has 0 saturated heterocycles. The lowest BCUT2D eigenvalue weighted by Gasteiger charge is -2.44. The Labute approximate surface area is 97.5 Å². The number of hydrogen-bond donors (Lipinski definition) is 1. The molecule has 1 nitrogen and oxygen atoms in total. The van der Waals surface area contributed by atoms with Crippen LogP contribution in [0.4, 0.5) is 0 Å². The van der Waals surface area contributed by atoms with E-state index in [0.717, 1.165) is 18.8 Å². The molecule has 2 fully saturated rings. The highest BCUT2D eigenvalue weighted by atomic mass is 16.3. The van der Waals surface area contributed by atoms with Crippen molar-refractivity contribution in [3.05, 3.63) is 35.9 Å². The van der Waals surface area contributed by atoms with Gasteiger partial charge in [-0.3, -0.25) is 0 Å². The first-order valence-electron chi connectivity index (χ1n) is 6.52. The second kappa shape index (κ2) is 3.89. The Balaban J connectivity index is 1.45. The molecule has 0 bridgehead atoms. The number of rotatable bonds is 4. The van der Waals surface area contributed by atoms with Crippen molar-refractivity contribution in [3.63, 3.8) is 0 Å². The molecule has 3 rings (SSSR count). The van der Waals surface area contributed by atoms with Gasteiger partial charge in [-0.1, -0.05) is 30.3 Å². The quantitative estimate of drug-likeness (QED) is 0.819. The van der Waals surface area contributed by atoms with Crippen LogP contribution in [-0.2, 0) is 6.42 Å². The second-order valence-corrected chi connectivity index (χ2v) is 5.68. The summed E-state index contributed by atoms with van der Waals surface area (Å²) in [4.78, 5) is 0. The van der Waals surface area contributed by atoms with E-state index < -0.39 is 0 Å². The highest BCUT2D eigenvalue weighted by molar-refractivity contribution is 5.15. The highest BCUT2D eigenvalue weighted by Gasteiger charge is 2.51. The van der Waals surface area contributed by atoms with Crippen molar-refractivity contribution < 1.29 is 5.11 Å². The molecule has 0 spiro atoms. The standard InChI is InChI=1S/C15H20O/c16-15(14-8-9-14)10-13(11-15)7-6-12-4-2-1-3-5-12/h1-5,13-14,16H,6-11H2. The van der Waals surface area contributed by atoms with E-state index in [9.17, 15) is 5.11 Å². The summed E-state index contributed by atoms with van der Waals surface area (Å²) in [6, 6.07) is 10.7. The van der Waals surface area contributed by atoms with E-state index in [4.69, 9.17) is 0 Å². The fourth-order valence-electron chi connectivity index (χ4n) is 3.11. The number of aliphatic hydroxyl groups is 1. The molecule has 2 aliphatic carbocycles. The van der Waals surface area contributed by atoms with Crippen LogP contribution in [0.15, 0.2) is 30.3 Å². The van der Waals surface area contributed by atoms with E-state index in [0.29, 0.717) is 5.92 Å². The Kier molecular flexibility index (Phi) is 2.51. The normalized spacial score (nSPS) is 33.4. The lowest BCUT2D eigenvalue weighted by Crippen LogP contribution is -2.45. The molecule has 1 aromatic rings. The van der Waals surface area contributed by atoms with Gasteiger partial charge in [0.2, 0.25) is 0 Å². The van der Waals surface area contributed by atoms with E-state index in [1.807, 2.05) is 0 Å². The first-order chi connectivity index (χ1) is 7.76. The minimum Gasteiger partial charge on any atom is -0.390 e. The Morgan fingerprint density at radius 2 is 1.81 bits per heavy atom. The zero-order valence-corrected chi connectivity index (χ0v) is 9.73. The Hall–Kier alpha value is -0.820. The van der Waals surface area contributed by atoms with Crippen LogP contribution in [0.1, 0.15) is 37.7 Å². The molecule has 0 radical (unpaired) electrons. The van der Waals surface area contributed by atoms with Crippen LogP contribution in [-0.4, -0.2) is 10.7 Å². The summed E-state index contributed by atoms with van der Waals surface area (Å²) < 4.78 is 0. The fourth-order valence-corrected chi connectivity index (χ4v) is 3.11. The van der Waals surface area contributed by atoms with Gasteiger partial charge in [0.15, 0.2) is 0 Å². The summed E-state index contributed by atoms with van der Waals surface area (Å²) in [6.45, 7) is 0. The predicted octanol–water partition coefficient (Wildman–Crippen LogP) is 3.17. The largest absolute Gasteiger partial charge is 0.390 e. The third kappa shape index (κ3) is 2.01. The van der Waals surface area contributed by atoms with E-state index in [2.05, 4.69) is 30.3 Å². The summed E-state index contributed by atoms with van der Waals surface area (Å²) in [5.41, 5.74) is 1.19. The van der Waals surface area contributed by atoms with Crippen LogP contribution in [0.25, 0.3) is 0 Å². The molecule has 0 unspecified atom stereocenters. The number of aryl methyl sites for hydroxylation is 1. The van der Waals surface area contributed by atoms with Gasteiger partial charge in [-0.2, -0.15) is 0 Å². The van der Waals surface area contributed by atoms with Crippen LogP contribution >= 0.6 is 0 Å². The maximum absolute atomic E-state index is 10.2. The van der Waals surface area contributed by atoms with Crippen LogP contribution in [0.3, 0.4) is 0 Å². The van der Waals surface area contributed by atoms with Gasteiger partial charge in [0.25, 0.3) is 0 Å². The van der Waals surface area contributed by atoms with Crippen molar-refractivity contribution in [2.75, 3.05) is 0 Å². The first kappa shape index (κ1) is 10.3. The second-order valence-electron chi connectivity index (χ2n) is 5.68. The third-order valence-electron chi connectivity index (χ3n) is 4.31. The van der Waals surface area contributed by atoms with Crippen molar-refractivity contribution in [2.24, 2.45) is 11.8 Å². The SMILES string of the molecule is OC1(C2CC2)CC(CCc2ccccc2)C1. The van der Waals surface area contributed by atoms with Gasteiger partial charge in [0, 0.05) is 0 Å². The lowest BCUT2D eigenvalue weighted by molar-refractivity contribution is -0.0927. The molecule has 0 amide bonds. The molecule has 1 N–H and O–H groups in total. The lowest BCUT2D eigenvalue weighted by atomic mass is 9.66. The average molecular weight is 216 g/mol. The van der Waals surface area contributed by atoms with Gasteiger partial charge in [-0.25, -0.2) is 0 Å². The van der Waals surface area contributed by atoms with E-state index in [-0.39, 0.29) is 5.60 Å². The molecule has 1 aromatic carbocycles. The van der Waals surface area contributed by atoms with Crippen molar-refractivity contribution in [3.8, 4) is 0 Å². The third-order valence-corrected chi connectivity index (χ3v) is 4.31. The molecule has 0 aliphatic heterocycles. The molecule has 0 atom stereocenters. The Bertz CT molecular complexity index is 347. The molecule has 2 aliphatic rings. The van der Waals surface area contributed by atoms with Gasteiger partial charge in [-0.15, -0.1) is 0 Å². The van der Waals surface area contributed by atoms with E-state index in [1.54, 1.807) is 0 Å². The topological polar surface area (TPSA) is 20.2 Å². The van der Waals surface area contributed by atoms with E-state index >= 15 is 0 Å². The Morgan fingerprint density at radius 3 is 2.44 bits per heavy atom. The van der Waals surface area contributed by atoms with Gasteiger partial charge in [0.05, 0.1) is 5.60 Å². The molecule has 1 heteroatoms. The molecule has 86 valence electrons. The molecule has 16 heavy (non-hydrogen) atoms. The summed E-state index contributed by atoms with van der Waals surface area (Å²) >= 11 is 0. The predicted molar refractivity (Wildman–Crippen MR) is 65.2 cm³/mol. The van der Waals surface area contributed by atoms with Crippen LogP contribution in [0.5, 0.6) is 0 Å². The zero-order valence-electron chi connectivity index (χ0n) is 9.73. The summed E-state index contributed by atoms with van der Waals surface area (Å²) in [6.07, 6.45) is 7.07. The average Bonchev–Trinajstić information content (AvgIpc) is 3.08. The smallest absolute Gasteiger partial charge is 0.0681 e. The van der Waals surface area contributed by atoms with Gasteiger partial charge < -0.3 is 5.11 Å². The Morgan fingerprint density at radius 1 is 1.12 bits per heavy atom. The molecule has 0 aromatic heterocycles. The minimum absolute atomic E-state index is 0.249.